The molecule has 0 bridgehead atoms. The molecule has 1 aliphatic rings. The Morgan fingerprint density at radius 1 is 0.750 bits per heavy atom. The van der Waals surface area contributed by atoms with Crippen molar-refractivity contribution in [1.29, 1.82) is 0 Å². The highest BCUT2D eigenvalue weighted by molar-refractivity contribution is 7.80. The first-order valence-corrected chi connectivity index (χ1v) is 13.6. The zero-order valence-corrected chi connectivity index (χ0v) is 23.4. The largest absolute Gasteiger partial charge is 0.497 e. The number of hydrogen-bond donors (Lipinski definition) is 1. The lowest BCUT2D eigenvalue weighted by Gasteiger charge is -2.29. The molecule has 40 heavy (non-hydrogen) atoms. The van der Waals surface area contributed by atoms with Crippen molar-refractivity contribution in [3.63, 3.8) is 0 Å². The van der Waals surface area contributed by atoms with Crippen molar-refractivity contribution in [3.8, 4) is 22.9 Å². The Bertz CT molecular complexity index is 1610. The van der Waals surface area contributed by atoms with Crippen LogP contribution in [0.1, 0.15) is 34.7 Å². The van der Waals surface area contributed by atoms with E-state index >= 15 is 0 Å². The van der Waals surface area contributed by atoms with Crippen LogP contribution in [-0.2, 0) is 0 Å². The van der Waals surface area contributed by atoms with Crippen molar-refractivity contribution in [2.75, 3.05) is 12.0 Å². The Kier molecular flexibility index (Phi) is 6.97. The molecule has 1 fully saturated rings. The fourth-order valence-corrected chi connectivity index (χ4v) is 5.57. The molecule has 2 aromatic heterocycles. The molecular weight excluding hydrogens is 516 g/mol. The summed E-state index contributed by atoms with van der Waals surface area (Å²) >= 11 is 5.96. The van der Waals surface area contributed by atoms with Crippen LogP contribution in [0.5, 0.6) is 17.2 Å². The van der Waals surface area contributed by atoms with Crippen LogP contribution in [0.2, 0.25) is 0 Å². The van der Waals surface area contributed by atoms with Gasteiger partial charge in [-0.15, -0.1) is 0 Å². The Balaban J connectivity index is 1.40. The molecule has 6 nitrogen and oxygen atoms in total. The molecule has 0 spiro atoms. The van der Waals surface area contributed by atoms with Gasteiger partial charge in [0.05, 0.1) is 18.8 Å². The lowest BCUT2D eigenvalue weighted by atomic mass is 10.0. The molecule has 1 N–H and O–H groups in total. The molecule has 7 heteroatoms. The molecule has 6 rings (SSSR count). The molecule has 1 aliphatic heterocycles. The van der Waals surface area contributed by atoms with Crippen molar-refractivity contribution < 1.29 is 9.47 Å². The van der Waals surface area contributed by atoms with E-state index in [0.717, 1.165) is 45.7 Å². The molecule has 0 amide bonds. The number of methoxy groups -OCH3 is 1. The maximum absolute atomic E-state index is 6.09. The number of nitrogens with zero attached hydrogens (tertiary/aromatic N) is 3. The second kappa shape index (κ2) is 10.9. The van der Waals surface area contributed by atoms with Gasteiger partial charge < -0.3 is 24.3 Å². The fraction of sp³-hybridized carbons (Fsp3) is 0.152. The van der Waals surface area contributed by atoms with Crippen LogP contribution in [0.15, 0.2) is 109 Å². The predicted octanol–water partition coefficient (Wildman–Crippen LogP) is 7.47. The number of rotatable bonds is 7. The van der Waals surface area contributed by atoms with Gasteiger partial charge in [0.15, 0.2) is 5.11 Å². The third kappa shape index (κ3) is 4.92. The summed E-state index contributed by atoms with van der Waals surface area (Å²) in [5.41, 5.74) is 6.37. The van der Waals surface area contributed by atoms with Crippen molar-refractivity contribution in [2.24, 2.45) is 0 Å². The summed E-state index contributed by atoms with van der Waals surface area (Å²) in [6.07, 6.45) is 1.82. The van der Waals surface area contributed by atoms with E-state index in [1.54, 1.807) is 7.11 Å². The molecule has 0 unspecified atom stereocenters. The minimum absolute atomic E-state index is 0.150. The Morgan fingerprint density at radius 3 is 2.05 bits per heavy atom. The zero-order valence-electron chi connectivity index (χ0n) is 22.6. The minimum atomic E-state index is -0.151. The van der Waals surface area contributed by atoms with Crippen LogP contribution in [0.25, 0.3) is 5.69 Å². The van der Waals surface area contributed by atoms with Gasteiger partial charge in [0.2, 0.25) is 0 Å². The molecule has 3 aromatic carbocycles. The molecular formula is C33H30N4O2S. The van der Waals surface area contributed by atoms with Gasteiger partial charge in [0, 0.05) is 29.0 Å². The number of aryl methyl sites for hydroxylation is 2. The van der Waals surface area contributed by atoms with Crippen LogP contribution in [0.3, 0.4) is 0 Å². The lowest BCUT2D eigenvalue weighted by Crippen LogP contribution is -2.30. The third-order valence-electron chi connectivity index (χ3n) is 7.21. The van der Waals surface area contributed by atoms with E-state index in [2.05, 4.69) is 65.0 Å². The summed E-state index contributed by atoms with van der Waals surface area (Å²) in [5, 5.41) is 4.21. The summed E-state index contributed by atoms with van der Waals surface area (Å²) in [5.74, 6) is 2.39. The van der Waals surface area contributed by atoms with Gasteiger partial charge in [-0.1, -0.05) is 23.8 Å². The number of hydrogen-bond acceptors (Lipinski definition) is 4. The number of pyridine rings is 1. The van der Waals surface area contributed by atoms with Crippen LogP contribution in [0, 0.1) is 13.8 Å². The SMILES string of the molecule is COc1ccc(-n2c(C)ccc2[C@@H]2[C@@H](c3ccccn3)NC(=S)N2c2ccc(Oc3ccc(C)cc3)cc2)cc1. The molecule has 0 aliphatic carbocycles. The number of aromatic nitrogens is 2. The van der Waals surface area contributed by atoms with Crippen molar-refractivity contribution in [2.45, 2.75) is 25.9 Å². The van der Waals surface area contributed by atoms with Gasteiger partial charge in [0.25, 0.3) is 0 Å². The first kappa shape index (κ1) is 25.6. The van der Waals surface area contributed by atoms with Crippen LogP contribution < -0.4 is 19.7 Å². The van der Waals surface area contributed by atoms with Crippen molar-refractivity contribution in [1.82, 2.24) is 14.9 Å². The smallest absolute Gasteiger partial charge is 0.174 e. The Morgan fingerprint density at radius 2 is 1.40 bits per heavy atom. The molecule has 1 saturated heterocycles. The van der Waals surface area contributed by atoms with Crippen LogP contribution in [-0.4, -0.2) is 21.8 Å². The van der Waals surface area contributed by atoms with E-state index in [1.165, 1.54) is 5.56 Å². The van der Waals surface area contributed by atoms with Crippen molar-refractivity contribution >= 4 is 23.0 Å². The minimum Gasteiger partial charge on any atom is -0.497 e. The predicted molar refractivity (Wildman–Crippen MR) is 163 cm³/mol. The van der Waals surface area contributed by atoms with E-state index < -0.39 is 0 Å². The topological polar surface area (TPSA) is 51.5 Å². The van der Waals surface area contributed by atoms with Gasteiger partial charge in [-0.05, 0) is 111 Å². The first-order chi connectivity index (χ1) is 19.5. The van der Waals surface area contributed by atoms with Gasteiger partial charge in [0.1, 0.15) is 23.3 Å². The average Bonchev–Trinajstić information content (AvgIpc) is 3.54. The van der Waals surface area contributed by atoms with Crippen molar-refractivity contribution in [3.05, 3.63) is 132 Å². The first-order valence-electron chi connectivity index (χ1n) is 13.2. The molecule has 0 saturated carbocycles. The standard InChI is InChI=1S/C33H30N4O2S/c1-22-7-14-27(15-8-22)39-28-18-12-25(13-19-28)37-32(31(35-33(37)40)29-6-4-5-21-34-29)30-20-9-23(2)36(30)24-10-16-26(38-3)17-11-24/h4-21,31-32H,1-3H3,(H,35,40)/t31-,32-/m1/s1. The summed E-state index contributed by atoms with van der Waals surface area (Å²) in [6, 6.07) is 34.2. The second-order valence-electron chi connectivity index (χ2n) is 9.84. The number of anilines is 1. The molecule has 0 radical (unpaired) electrons. The van der Waals surface area contributed by atoms with E-state index in [9.17, 15) is 0 Å². The Hall–Kier alpha value is -4.62. The summed E-state index contributed by atoms with van der Waals surface area (Å²) in [7, 11) is 1.68. The van der Waals surface area contributed by atoms with E-state index in [0.29, 0.717) is 5.11 Å². The van der Waals surface area contributed by atoms with Gasteiger partial charge in [-0.2, -0.15) is 0 Å². The maximum atomic E-state index is 6.09. The molecule has 5 aromatic rings. The number of ether oxygens (including phenoxy) is 2. The Labute approximate surface area is 239 Å². The molecule has 200 valence electrons. The number of nitrogens with one attached hydrogen (secondary N) is 1. The molecule has 2 atom stereocenters. The highest BCUT2D eigenvalue weighted by atomic mass is 32.1. The molecule has 3 heterocycles. The highest BCUT2D eigenvalue weighted by Gasteiger charge is 2.42. The van der Waals surface area contributed by atoms with Gasteiger partial charge in [-0.3, -0.25) is 4.98 Å². The summed E-state index contributed by atoms with van der Waals surface area (Å²) in [6.45, 7) is 4.18. The van der Waals surface area contributed by atoms with Crippen LogP contribution in [0.4, 0.5) is 5.69 Å². The quantitative estimate of drug-likeness (QED) is 0.214. The lowest BCUT2D eigenvalue weighted by molar-refractivity contribution is 0.414. The average molecular weight is 547 g/mol. The monoisotopic (exact) mass is 546 g/mol. The number of benzene rings is 3. The van der Waals surface area contributed by atoms with Gasteiger partial charge >= 0.3 is 0 Å². The summed E-state index contributed by atoms with van der Waals surface area (Å²) < 4.78 is 13.8. The fourth-order valence-electron chi connectivity index (χ4n) is 5.22. The number of thiocarbonyl (C=S) groups is 1. The maximum Gasteiger partial charge on any atom is 0.174 e. The van der Waals surface area contributed by atoms with E-state index in [4.69, 9.17) is 26.7 Å². The zero-order chi connectivity index (χ0) is 27.6. The normalized spacial score (nSPS) is 16.6. The van der Waals surface area contributed by atoms with Crippen LogP contribution >= 0.6 is 12.2 Å². The van der Waals surface area contributed by atoms with Gasteiger partial charge in [-0.25, -0.2) is 0 Å². The third-order valence-corrected chi connectivity index (χ3v) is 7.52. The summed E-state index contributed by atoms with van der Waals surface area (Å²) in [4.78, 5) is 6.88. The van der Waals surface area contributed by atoms with E-state index in [-0.39, 0.29) is 12.1 Å². The van der Waals surface area contributed by atoms with E-state index in [1.807, 2.05) is 72.9 Å². The highest BCUT2D eigenvalue weighted by Crippen LogP contribution is 2.43. The second-order valence-corrected chi connectivity index (χ2v) is 10.2.